The van der Waals surface area contributed by atoms with E-state index in [4.69, 9.17) is 0 Å². The molecule has 26 heavy (non-hydrogen) atoms. The zero-order valence-corrected chi connectivity index (χ0v) is 16.9. The Hall–Kier alpha value is -1.52. The molecule has 146 valence electrons. The van der Waals surface area contributed by atoms with Crippen molar-refractivity contribution in [2.45, 2.75) is 25.9 Å². The third kappa shape index (κ3) is 7.79. The first-order valence-electron chi connectivity index (χ1n) is 8.37. The second-order valence-corrected chi connectivity index (χ2v) is 5.92. The van der Waals surface area contributed by atoms with Crippen molar-refractivity contribution >= 4 is 35.8 Å². The van der Waals surface area contributed by atoms with Gasteiger partial charge in [-0.2, -0.15) is 13.2 Å². The molecule has 1 fully saturated rings. The Morgan fingerprint density at radius 1 is 1.12 bits per heavy atom. The fraction of sp³-hybridized carbons (Fsp3) is 0.529. The molecular weight excluding hydrogens is 460 g/mol. The van der Waals surface area contributed by atoms with Crippen LogP contribution < -0.4 is 16.0 Å². The standard InChI is InChI=1S/C17H23F3N4O.HI/c1-2-21-16(24-11-12-3-4-12)23-10-9-22-15(25)13-5-7-14(8-6-13)17(18,19)20;/h5-8,12H,2-4,9-11H2,1H3,(H,22,25)(H2,21,23,24);1H. The van der Waals surface area contributed by atoms with Crippen LogP contribution >= 0.6 is 24.0 Å². The molecular formula is C17H24F3IN4O. The summed E-state index contributed by atoms with van der Waals surface area (Å²) in [5.74, 6) is 0.989. The highest BCUT2D eigenvalue weighted by atomic mass is 127. The second-order valence-electron chi connectivity index (χ2n) is 5.92. The molecule has 1 aliphatic rings. The molecule has 2 rings (SSSR count). The van der Waals surface area contributed by atoms with E-state index in [2.05, 4.69) is 20.9 Å². The van der Waals surface area contributed by atoms with Crippen LogP contribution in [0.1, 0.15) is 35.7 Å². The number of guanidine groups is 1. The zero-order chi connectivity index (χ0) is 18.3. The lowest BCUT2D eigenvalue weighted by Gasteiger charge is -2.12. The molecule has 0 bridgehead atoms. The number of carbonyl (C=O) groups is 1. The highest BCUT2D eigenvalue weighted by Crippen LogP contribution is 2.29. The number of nitrogens with one attached hydrogen (secondary N) is 3. The molecule has 5 nitrogen and oxygen atoms in total. The minimum Gasteiger partial charge on any atom is -0.357 e. The minimum absolute atomic E-state index is 0. The molecule has 1 amide bonds. The molecule has 0 aliphatic heterocycles. The van der Waals surface area contributed by atoms with Crippen LogP contribution in [0.3, 0.4) is 0 Å². The van der Waals surface area contributed by atoms with Crippen LogP contribution in [0.4, 0.5) is 13.2 Å². The monoisotopic (exact) mass is 484 g/mol. The summed E-state index contributed by atoms with van der Waals surface area (Å²) < 4.78 is 37.5. The van der Waals surface area contributed by atoms with Crippen LogP contribution in [0.15, 0.2) is 29.3 Å². The van der Waals surface area contributed by atoms with Crippen LogP contribution in [0.25, 0.3) is 0 Å². The van der Waals surface area contributed by atoms with E-state index < -0.39 is 17.6 Å². The van der Waals surface area contributed by atoms with Crippen molar-refractivity contribution < 1.29 is 18.0 Å². The van der Waals surface area contributed by atoms with Gasteiger partial charge in [-0.15, -0.1) is 24.0 Å². The van der Waals surface area contributed by atoms with Gasteiger partial charge in [0.1, 0.15) is 0 Å². The van der Waals surface area contributed by atoms with Crippen LogP contribution in [0, 0.1) is 5.92 Å². The fourth-order valence-corrected chi connectivity index (χ4v) is 2.13. The predicted molar refractivity (Wildman–Crippen MR) is 106 cm³/mol. The average Bonchev–Trinajstić information content (AvgIpc) is 3.40. The molecule has 0 heterocycles. The van der Waals surface area contributed by atoms with E-state index in [9.17, 15) is 18.0 Å². The lowest BCUT2D eigenvalue weighted by Crippen LogP contribution is -2.41. The van der Waals surface area contributed by atoms with Crippen molar-refractivity contribution in [3.8, 4) is 0 Å². The molecule has 0 spiro atoms. The molecule has 0 radical (unpaired) electrons. The van der Waals surface area contributed by atoms with E-state index >= 15 is 0 Å². The van der Waals surface area contributed by atoms with Crippen molar-refractivity contribution in [3.05, 3.63) is 35.4 Å². The van der Waals surface area contributed by atoms with Gasteiger partial charge in [0, 0.05) is 31.7 Å². The average molecular weight is 484 g/mol. The Kier molecular flexibility index (Phi) is 9.17. The number of rotatable bonds is 7. The summed E-state index contributed by atoms with van der Waals surface area (Å²) in [6, 6.07) is 4.15. The highest BCUT2D eigenvalue weighted by molar-refractivity contribution is 14.0. The lowest BCUT2D eigenvalue weighted by molar-refractivity contribution is -0.137. The Bertz CT molecular complexity index is 601. The van der Waals surface area contributed by atoms with Crippen molar-refractivity contribution in [2.24, 2.45) is 10.9 Å². The summed E-state index contributed by atoms with van der Waals surface area (Å²) in [5.41, 5.74) is -0.574. The fourth-order valence-electron chi connectivity index (χ4n) is 2.13. The maximum Gasteiger partial charge on any atom is 0.416 e. The topological polar surface area (TPSA) is 65.5 Å². The number of nitrogens with zero attached hydrogens (tertiary/aromatic N) is 1. The lowest BCUT2D eigenvalue weighted by atomic mass is 10.1. The molecule has 0 aromatic heterocycles. The van der Waals surface area contributed by atoms with E-state index in [0.29, 0.717) is 25.0 Å². The van der Waals surface area contributed by atoms with Gasteiger partial charge in [-0.05, 0) is 49.9 Å². The van der Waals surface area contributed by atoms with E-state index in [1.54, 1.807) is 0 Å². The summed E-state index contributed by atoms with van der Waals surface area (Å²) >= 11 is 0. The molecule has 0 saturated heterocycles. The van der Waals surface area contributed by atoms with Crippen LogP contribution in [0.5, 0.6) is 0 Å². The summed E-state index contributed by atoms with van der Waals surface area (Å²) in [5, 5.41) is 8.91. The third-order valence-electron chi connectivity index (χ3n) is 3.73. The Labute approximate surface area is 168 Å². The molecule has 1 aromatic rings. The van der Waals surface area contributed by atoms with Gasteiger partial charge in [-0.1, -0.05) is 0 Å². The van der Waals surface area contributed by atoms with E-state index in [1.165, 1.54) is 25.0 Å². The minimum atomic E-state index is -4.40. The number of halogens is 4. The highest BCUT2D eigenvalue weighted by Gasteiger charge is 2.30. The maximum absolute atomic E-state index is 12.5. The summed E-state index contributed by atoms with van der Waals surface area (Å²) in [4.78, 5) is 16.4. The number of hydrogen-bond acceptors (Lipinski definition) is 2. The Morgan fingerprint density at radius 3 is 2.27 bits per heavy atom. The summed E-state index contributed by atoms with van der Waals surface area (Å²) in [7, 11) is 0. The number of aliphatic imine (C=N–C) groups is 1. The number of amides is 1. The van der Waals surface area contributed by atoms with Crippen LogP contribution in [-0.4, -0.2) is 38.0 Å². The largest absolute Gasteiger partial charge is 0.416 e. The SMILES string of the molecule is CCNC(=NCC1CC1)NCCNC(=O)c1ccc(C(F)(F)F)cc1.I. The maximum atomic E-state index is 12.5. The number of alkyl halides is 3. The number of carbonyl (C=O) groups excluding carboxylic acids is 1. The van der Waals surface area contributed by atoms with Crippen LogP contribution in [-0.2, 0) is 6.18 Å². The van der Waals surface area contributed by atoms with Gasteiger partial charge in [0.15, 0.2) is 5.96 Å². The number of benzene rings is 1. The first-order chi connectivity index (χ1) is 11.9. The van der Waals surface area contributed by atoms with Gasteiger partial charge < -0.3 is 16.0 Å². The summed E-state index contributed by atoms with van der Waals surface area (Å²) in [6.07, 6.45) is -1.94. The van der Waals surface area contributed by atoms with Gasteiger partial charge in [-0.25, -0.2) is 0 Å². The molecule has 1 saturated carbocycles. The smallest absolute Gasteiger partial charge is 0.357 e. The van der Waals surface area contributed by atoms with Crippen molar-refractivity contribution in [2.75, 3.05) is 26.2 Å². The van der Waals surface area contributed by atoms with Gasteiger partial charge in [0.25, 0.3) is 5.91 Å². The second kappa shape index (κ2) is 10.6. The van der Waals surface area contributed by atoms with E-state index in [1.807, 2.05) is 6.92 Å². The Morgan fingerprint density at radius 2 is 1.73 bits per heavy atom. The molecule has 1 aliphatic carbocycles. The predicted octanol–water partition coefficient (Wildman–Crippen LogP) is 3.02. The molecule has 1 aromatic carbocycles. The van der Waals surface area contributed by atoms with Gasteiger partial charge >= 0.3 is 6.18 Å². The first-order valence-corrected chi connectivity index (χ1v) is 8.37. The van der Waals surface area contributed by atoms with Gasteiger partial charge in [0.2, 0.25) is 0 Å². The summed E-state index contributed by atoms with van der Waals surface area (Å²) in [6.45, 7) is 4.33. The zero-order valence-electron chi connectivity index (χ0n) is 14.5. The molecule has 3 N–H and O–H groups in total. The van der Waals surface area contributed by atoms with Gasteiger partial charge in [-0.3, -0.25) is 9.79 Å². The molecule has 0 atom stereocenters. The number of hydrogen-bond donors (Lipinski definition) is 3. The van der Waals surface area contributed by atoms with E-state index in [-0.39, 0.29) is 29.5 Å². The van der Waals surface area contributed by atoms with E-state index in [0.717, 1.165) is 25.2 Å². The quantitative estimate of drug-likeness (QED) is 0.241. The third-order valence-corrected chi connectivity index (χ3v) is 3.73. The van der Waals surface area contributed by atoms with Crippen molar-refractivity contribution in [3.63, 3.8) is 0 Å². The normalized spacial score (nSPS) is 14.4. The first kappa shape index (κ1) is 22.5. The van der Waals surface area contributed by atoms with Crippen molar-refractivity contribution in [1.29, 1.82) is 0 Å². The Balaban J connectivity index is 0.00000338. The molecule has 9 heteroatoms. The molecule has 0 unspecified atom stereocenters. The van der Waals surface area contributed by atoms with Gasteiger partial charge in [0.05, 0.1) is 5.56 Å². The van der Waals surface area contributed by atoms with Crippen LogP contribution in [0.2, 0.25) is 0 Å². The van der Waals surface area contributed by atoms with Crippen molar-refractivity contribution in [1.82, 2.24) is 16.0 Å².